The van der Waals surface area contributed by atoms with Crippen molar-refractivity contribution in [3.8, 4) is 0 Å². The molecule has 0 saturated heterocycles. The molecule has 0 N–H and O–H groups in total. The first-order valence-corrected chi connectivity index (χ1v) is 44.1. The van der Waals surface area contributed by atoms with Gasteiger partial charge in [-0.1, -0.05) is 30.3 Å². The van der Waals surface area contributed by atoms with Gasteiger partial charge >= 0.3 is 231 Å². The quantitative estimate of drug-likeness (QED) is 0.116. The van der Waals surface area contributed by atoms with Crippen LogP contribution in [0.25, 0.3) is 20.2 Å². The van der Waals surface area contributed by atoms with Crippen molar-refractivity contribution in [1.82, 2.24) is 0 Å². The molecule has 0 aliphatic heterocycles. The van der Waals surface area contributed by atoms with Gasteiger partial charge in [-0.15, -0.1) is 11.3 Å². The molecule has 0 atom stereocenters. The number of benzene rings is 6. The third-order valence-electron chi connectivity index (χ3n) is 8.74. The van der Waals surface area contributed by atoms with Gasteiger partial charge in [0.2, 0.25) is 0 Å². The van der Waals surface area contributed by atoms with Gasteiger partial charge in [0.05, 0.1) is 0 Å². The molecule has 2 nitrogen and oxygen atoms in total. The molecule has 6 aromatic carbocycles. The Bertz CT molecular complexity index is 2510. The molecule has 0 saturated carbocycles. The number of hydrogen-bond donors (Lipinski definition) is 0. The summed E-state index contributed by atoms with van der Waals surface area (Å²) in [5.74, 6) is 1.42. The van der Waals surface area contributed by atoms with Gasteiger partial charge in [0.15, 0.2) is 0 Å². The van der Waals surface area contributed by atoms with Crippen LogP contribution in [0.3, 0.4) is 0 Å². The van der Waals surface area contributed by atoms with Gasteiger partial charge in [-0.2, -0.15) is 20.8 Å². The van der Waals surface area contributed by atoms with Crippen molar-refractivity contribution in [3.63, 3.8) is 0 Å². The van der Waals surface area contributed by atoms with Gasteiger partial charge in [-0.3, -0.25) is 0 Å². The number of hydrogen-bond acceptors (Lipinski definition) is 4. The van der Waals surface area contributed by atoms with Crippen molar-refractivity contribution in [3.05, 3.63) is 180 Å². The van der Waals surface area contributed by atoms with Crippen LogP contribution < -0.4 is 31.6 Å². The normalized spacial score (nSPS) is 11.0. The second-order valence-electron chi connectivity index (χ2n) is 17.3. The summed E-state index contributed by atoms with van der Waals surface area (Å²) in [6.45, 7) is 10.5. The summed E-state index contributed by atoms with van der Waals surface area (Å²) in [5.41, 5.74) is 9.69. The second-order valence-corrected chi connectivity index (χ2v) is 54.2. The van der Waals surface area contributed by atoms with E-state index in [-0.39, 0.29) is 18.9 Å². The van der Waals surface area contributed by atoms with E-state index in [1.54, 1.807) is 14.2 Å². The monoisotopic (exact) mass is 1060 g/mol. The van der Waals surface area contributed by atoms with Crippen molar-refractivity contribution < 1.29 is 18.9 Å². The van der Waals surface area contributed by atoms with Gasteiger partial charge < -0.3 is 10.8 Å². The Morgan fingerprint density at radius 2 is 0.867 bits per heavy atom. The van der Waals surface area contributed by atoms with Crippen LogP contribution in [-0.2, 0) is 0 Å². The fraction of sp³-hybridized carbons (Fsp3) is 0.212. The number of thiophene rings is 2. The molecule has 0 unspecified atom stereocenters. The van der Waals surface area contributed by atoms with Crippen molar-refractivity contribution in [2.45, 2.75) is 64.3 Å². The Morgan fingerprint density at radius 3 is 1.30 bits per heavy atom. The van der Waals surface area contributed by atoms with Crippen molar-refractivity contribution in [1.29, 1.82) is 0 Å². The standard InChI is InChI=1S/C21H17NS.C21H16NS.C4H9.6CH3.ClH.Li.2Sn/c2*1-16-6-5-9-19(14-16)22(18-7-3-2-4-8-18)20-10-11-21-17(15-20)12-13-23-21;1-4(2)3;;;;;;;;;;/h2-15H,1H3;2-12,14-15H,1H3;1-3H3;6*1H3;1H;;;/q;;-1;;;;;;;;+1;;+1/p-1. The Kier molecular flexibility index (Phi) is 19.3. The van der Waals surface area contributed by atoms with Crippen molar-refractivity contribution >= 4 is 124 Å². The minimum atomic E-state index is -2.04. The number of fused-ring (bicyclic) bond motifs is 2. The minimum Gasteiger partial charge on any atom is 1.00 e. The van der Waals surface area contributed by atoms with E-state index in [1.807, 2.05) is 11.3 Å². The van der Waals surface area contributed by atoms with Crippen LogP contribution in [0.4, 0.5) is 34.1 Å². The maximum Gasteiger partial charge on any atom is 1.00 e. The van der Waals surface area contributed by atoms with Gasteiger partial charge in [-0.05, 0) is 71.8 Å². The third kappa shape index (κ3) is 15.3. The molecule has 0 bridgehead atoms. The van der Waals surface area contributed by atoms with E-state index in [0.29, 0.717) is 0 Å². The summed E-state index contributed by atoms with van der Waals surface area (Å²) < 4.78 is 4.36. The van der Waals surface area contributed by atoms with Crippen molar-refractivity contribution in [2.75, 3.05) is 9.80 Å². The number of rotatable bonds is 7. The molecule has 0 aliphatic rings. The van der Waals surface area contributed by atoms with Crippen LogP contribution in [0.15, 0.2) is 163 Å². The molecule has 0 aliphatic carbocycles. The summed E-state index contributed by atoms with van der Waals surface area (Å²) in [6, 6.07) is 56.7. The van der Waals surface area contributed by atoms with Gasteiger partial charge in [0, 0.05) is 21.8 Å². The van der Waals surface area contributed by atoms with E-state index in [1.165, 1.54) is 71.3 Å². The van der Waals surface area contributed by atoms with E-state index in [2.05, 4.69) is 237 Å². The smallest absolute Gasteiger partial charge is 1.00 e. The van der Waals surface area contributed by atoms with E-state index < -0.39 is 35.6 Å². The maximum atomic E-state index is 5.74. The van der Waals surface area contributed by atoms with E-state index in [0.717, 1.165) is 0 Å². The average Bonchev–Trinajstić information content (AvgIpc) is 3.83. The fourth-order valence-corrected chi connectivity index (χ4v) is 13.3. The van der Waals surface area contributed by atoms with Crippen molar-refractivity contribution in [2.24, 2.45) is 0 Å². The number of aryl methyl sites for hydroxylation is 2. The molecule has 8 rings (SSSR count). The van der Waals surface area contributed by atoms with Crippen LogP contribution in [0.5, 0.6) is 0 Å². The molecule has 0 radical (unpaired) electrons. The van der Waals surface area contributed by atoms with E-state index in [4.69, 9.17) is 8.92 Å². The zero-order chi connectivity index (χ0) is 42.7. The van der Waals surface area contributed by atoms with Gasteiger partial charge in [0.25, 0.3) is 0 Å². The maximum absolute atomic E-state index is 5.74. The number of anilines is 6. The Hall–Kier alpha value is -2.68. The van der Waals surface area contributed by atoms with Gasteiger partial charge in [-0.25, -0.2) is 0 Å². The van der Waals surface area contributed by atoms with Crippen LogP contribution in [-0.4, -0.2) is 35.6 Å². The molecule has 8 heteroatoms. The van der Waals surface area contributed by atoms with E-state index >= 15 is 0 Å². The van der Waals surface area contributed by atoms with Crippen LogP contribution in [0.2, 0.25) is 29.6 Å². The largest absolute Gasteiger partial charge is 1.00 e. The predicted molar refractivity (Wildman–Crippen MR) is 275 cm³/mol. The molecular weight excluding hydrogens is 997 g/mol. The molecule has 60 heavy (non-hydrogen) atoms. The predicted octanol–water partition coefficient (Wildman–Crippen LogP) is 14.6. The number of nitrogens with zero attached hydrogens (tertiary/aromatic N) is 2. The third-order valence-corrected chi connectivity index (χ3v) is 20.2. The molecular formula is C52H60ClLiN2S2Sn2. The topological polar surface area (TPSA) is 6.48 Å². The summed E-state index contributed by atoms with van der Waals surface area (Å²) >= 11 is 0.0243. The molecule has 2 heterocycles. The van der Waals surface area contributed by atoms with Crippen LogP contribution in [0, 0.1) is 19.8 Å². The van der Waals surface area contributed by atoms with Crippen LogP contribution in [0.1, 0.15) is 31.9 Å². The zero-order valence-corrected chi connectivity index (χ0v) is 45.8. The summed E-state index contributed by atoms with van der Waals surface area (Å²) in [7, 11) is 5.74. The molecule has 0 spiro atoms. The van der Waals surface area contributed by atoms with E-state index in [9.17, 15) is 0 Å². The summed E-state index contributed by atoms with van der Waals surface area (Å²) in [5, 5.41) is 4.81. The first kappa shape index (κ1) is 50.0. The Morgan fingerprint density at radius 1 is 0.467 bits per heavy atom. The average molecular weight is 1060 g/mol. The summed E-state index contributed by atoms with van der Waals surface area (Å²) in [6.07, 6.45) is 0. The second kappa shape index (κ2) is 23.1. The molecule has 306 valence electrons. The Balaban J connectivity index is 0.000000219. The molecule has 0 fully saturated rings. The SMILES string of the molecule is C[C-](C)C.Cc1cccc(N(c2ccccc2)c2ccc3s[c]([Sn]([CH3])([CH3])[CH3])cc3c2)c1.Cc1cccc(N(c2ccccc2)c2ccc3sccc3c2)c1.[CH3][Sn]([CH3])([CH3])[Cl].[Li+]. The van der Waals surface area contributed by atoms with Gasteiger partial charge in [0.1, 0.15) is 0 Å². The number of para-hydroxylation sites is 2. The fourth-order valence-electron chi connectivity index (χ4n) is 6.22. The zero-order valence-electron chi connectivity index (χ0n) is 37.7. The first-order chi connectivity index (χ1) is 28.0. The first-order valence-electron chi connectivity index (χ1n) is 20.3. The van der Waals surface area contributed by atoms with Crippen LogP contribution >= 0.6 is 31.6 Å². The molecule has 8 aromatic rings. The molecule has 0 amide bonds. The Labute approximate surface area is 393 Å². The summed E-state index contributed by atoms with van der Waals surface area (Å²) in [4.78, 5) is 18.6. The minimum absolute atomic E-state index is 0. The number of halogens is 1. The molecule has 2 aromatic heterocycles.